The monoisotopic (exact) mass is 445 g/mol. The smallest absolute Gasteiger partial charge is 0.318 e. The molecule has 1 aliphatic heterocycles. The quantitative estimate of drug-likeness (QED) is 0.725. The van der Waals surface area contributed by atoms with E-state index >= 15 is 0 Å². The number of benzene rings is 1. The van der Waals surface area contributed by atoms with Crippen molar-refractivity contribution in [2.75, 3.05) is 49.8 Å². The van der Waals surface area contributed by atoms with Gasteiger partial charge in [-0.25, -0.2) is 23.2 Å². The molecular weight excluding hydrogens is 418 g/mol. The highest BCUT2D eigenvalue weighted by Gasteiger charge is 2.49. The minimum absolute atomic E-state index is 0.305. The number of amides is 2. The Hall–Kier alpha value is -2.72. The third-order valence-corrected chi connectivity index (χ3v) is 8.05. The minimum atomic E-state index is -3.34. The normalized spacial score (nSPS) is 18.2. The molecule has 10 heteroatoms. The van der Waals surface area contributed by atoms with Gasteiger partial charge in [0.25, 0.3) is 0 Å². The first-order chi connectivity index (χ1) is 14.8. The van der Waals surface area contributed by atoms with Crippen LogP contribution >= 0.6 is 0 Å². The van der Waals surface area contributed by atoms with Crippen molar-refractivity contribution < 1.29 is 17.9 Å². The lowest BCUT2D eigenvalue weighted by atomic mass is 9.81. The third-order valence-electron chi connectivity index (χ3n) is 6.01. The SMILES string of the molecule is CNC(=O)Nc1ccc(-c2nc(N3CCOCC3)cc(C3(S(C)(=O)=O)CCC3)n2)cc1. The number of ether oxygens (including phenoxy) is 1. The molecule has 1 aromatic carbocycles. The number of carbonyl (C=O) groups is 1. The maximum absolute atomic E-state index is 12.7. The molecule has 9 nitrogen and oxygen atoms in total. The Morgan fingerprint density at radius 3 is 2.35 bits per heavy atom. The van der Waals surface area contributed by atoms with E-state index < -0.39 is 14.6 Å². The van der Waals surface area contributed by atoms with Crippen LogP contribution in [-0.2, 0) is 19.3 Å². The van der Waals surface area contributed by atoms with Crippen molar-refractivity contribution in [2.45, 2.75) is 24.0 Å². The molecule has 4 rings (SSSR count). The number of morpholine rings is 1. The van der Waals surface area contributed by atoms with Gasteiger partial charge < -0.3 is 20.3 Å². The van der Waals surface area contributed by atoms with Crippen LogP contribution in [0.5, 0.6) is 0 Å². The van der Waals surface area contributed by atoms with E-state index in [-0.39, 0.29) is 6.03 Å². The Balaban J connectivity index is 1.76. The first-order valence-electron chi connectivity index (χ1n) is 10.3. The number of nitrogens with one attached hydrogen (secondary N) is 2. The van der Waals surface area contributed by atoms with Gasteiger partial charge in [-0.05, 0) is 43.5 Å². The Bertz CT molecular complexity index is 1060. The highest BCUT2D eigenvalue weighted by molar-refractivity contribution is 7.91. The van der Waals surface area contributed by atoms with Gasteiger partial charge in [0, 0.05) is 43.7 Å². The van der Waals surface area contributed by atoms with Crippen LogP contribution in [0.1, 0.15) is 25.0 Å². The summed E-state index contributed by atoms with van der Waals surface area (Å²) in [6, 6.07) is 8.70. The second-order valence-electron chi connectivity index (χ2n) is 7.94. The van der Waals surface area contributed by atoms with Crippen molar-refractivity contribution in [3.63, 3.8) is 0 Å². The maximum atomic E-state index is 12.7. The van der Waals surface area contributed by atoms with Crippen LogP contribution < -0.4 is 15.5 Å². The number of hydrogen-bond donors (Lipinski definition) is 2. The van der Waals surface area contributed by atoms with E-state index in [9.17, 15) is 13.2 Å². The second kappa shape index (κ2) is 8.43. The van der Waals surface area contributed by atoms with Gasteiger partial charge in [-0.15, -0.1) is 0 Å². The van der Waals surface area contributed by atoms with E-state index in [1.165, 1.54) is 6.26 Å². The van der Waals surface area contributed by atoms with E-state index in [0.717, 1.165) is 12.0 Å². The number of carbonyl (C=O) groups excluding carboxylic acids is 1. The fraction of sp³-hybridized carbons (Fsp3) is 0.476. The van der Waals surface area contributed by atoms with Crippen molar-refractivity contribution in [1.29, 1.82) is 0 Å². The van der Waals surface area contributed by atoms with Crippen LogP contribution in [0.3, 0.4) is 0 Å². The minimum Gasteiger partial charge on any atom is -0.378 e. The van der Waals surface area contributed by atoms with Crippen molar-refractivity contribution in [1.82, 2.24) is 15.3 Å². The van der Waals surface area contributed by atoms with Crippen LogP contribution in [0.4, 0.5) is 16.3 Å². The summed E-state index contributed by atoms with van der Waals surface area (Å²) in [5.41, 5.74) is 1.95. The lowest BCUT2D eigenvalue weighted by Crippen LogP contribution is -2.43. The van der Waals surface area contributed by atoms with E-state index in [1.807, 2.05) is 18.2 Å². The van der Waals surface area contributed by atoms with Crippen LogP contribution in [0, 0.1) is 0 Å². The summed E-state index contributed by atoms with van der Waals surface area (Å²) in [4.78, 5) is 23.1. The molecule has 166 valence electrons. The predicted molar refractivity (Wildman–Crippen MR) is 119 cm³/mol. The molecule has 2 N–H and O–H groups in total. The van der Waals surface area contributed by atoms with Crippen molar-refractivity contribution >= 4 is 27.4 Å². The fourth-order valence-corrected chi connectivity index (χ4v) is 5.48. The van der Waals surface area contributed by atoms with E-state index in [1.54, 1.807) is 19.2 Å². The Labute approximate surface area is 182 Å². The summed E-state index contributed by atoms with van der Waals surface area (Å²) in [6.45, 7) is 2.59. The predicted octanol–water partition coefficient (Wildman–Crippen LogP) is 2.16. The lowest BCUT2D eigenvalue weighted by Gasteiger charge is -2.40. The number of urea groups is 1. The zero-order valence-electron chi connectivity index (χ0n) is 17.7. The lowest BCUT2D eigenvalue weighted by molar-refractivity contribution is 0.122. The molecule has 2 fully saturated rings. The molecule has 1 aromatic heterocycles. The molecule has 0 bridgehead atoms. The summed E-state index contributed by atoms with van der Waals surface area (Å²) in [7, 11) is -1.79. The molecule has 1 saturated carbocycles. The molecule has 2 heterocycles. The highest BCUT2D eigenvalue weighted by Crippen LogP contribution is 2.48. The zero-order chi connectivity index (χ0) is 22.1. The molecule has 1 saturated heterocycles. The molecule has 0 spiro atoms. The molecule has 31 heavy (non-hydrogen) atoms. The van der Waals surface area contributed by atoms with Gasteiger partial charge in [0.15, 0.2) is 15.7 Å². The Morgan fingerprint density at radius 1 is 1.13 bits per heavy atom. The molecule has 2 aliphatic rings. The van der Waals surface area contributed by atoms with Gasteiger partial charge in [0.2, 0.25) is 0 Å². The summed E-state index contributed by atoms with van der Waals surface area (Å²) in [5.74, 6) is 1.19. The number of anilines is 2. The van der Waals surface area contributed by atoms with E-state index in [4.69, 9.17) is 14.7 Å². The topological polar surface area (TPSA) is 114 Å². The third kappa shape index (κ3) is 4.22. The molecule has 2 aromatic rings. The Kier molecular flexibility index (Phi) is 5.85. The maximum Gasteiger partial charge on any atom is 0.318 e. The molecule has 1 aliphatic carbocycles. The van der Waals surface area contributed by atoms with Gasteiger partial charge in [-0.2, -0.15) is 0 Å². The van der Waals surface area contributed by atoms with Gasteiger partial charge in [0.05, 0.1) is 18.9 Å². The number of sulfone groups is 1. The molecule has 0 radical (unpaired) electrons. The van der Waals surface area contributed by atoms with Gasteiger partial charge >= 0.3 is 6.03 Å². The number of hydrogen-bond acceptors (Lipinski definition) is 7. The first kappa shape index (κ1) is 21.5. The number of aromatic nitrogens is 2. The average molecular weight is 446 g/mol. The number of nitrogens with zero attached hydrogens (tertiary/aromatic N) is 3. The van der Waals surface area contributed by atoms with Gasteiger partial charge in [-0.1, -0.05) is 0 Å². The van der Waals surface area contributed by atoms with Crippen molar-refractivity contribution in [3.05, 3.63) is 36.0 Å². The first-order valence-corrected chi connectivity index (χ1v) is 12.2. The van der Waals surface area contributed by atoms with Crippen molar-refractivity contribution in [2.24, 2.45) is 0 Å². The molecule has 2 amide bonds. The van der Waals surface area contributed by atoms with Crippen molar-refractivity contribution in [3.8, 4) is 11.4 Å². The second-order valence-corrected chi connectivity index (χ2v) is 10.3. The average Bonchev–Trinajstić information content (AvgIpc) is 2.73. The highest BCUT2D eigenvalue weighted by atomic mass is 32.2. The summed E-state index contributed by atoms with van der Waals surface area (Å²) < 4.78 is 29.9. The van der Waals surface area contributed by atoms with Gasteiger partial charge in [-0.3, -0.25) is 0 Å². The summed E-state index contributed by atoms with van der Waals surface area (Å²) >= 11 is 0. The van der Waals surface area contributed by atoms with E-state index in [0.29, 0.717) is 62.2 Å². The largest absolute Gasteiger partial charge is 0.378 e. The zero-order valence-corrected chi connectivity index (χ0v) is 18.5. The van der Waals surface area contributed by atoms with Gasteiger partial charge in [0.1, 0.15) is 10.6 Å². The molecule has 0 unspecified atom stereocenters. The fourth-order valence-electron chi connectivity index (χ4n) is 3.96. The summed E-state index contributed by atoms with van der Waals surface area (Å²) in [6.07, 6.45) is 3.29. The van der Waals surface area contributed by atoms with Crippen LogP contribution in [-0.4, -0.2) is 64.0 Å². The summed E-state index contributed by atoms with van der Waals surface area (Å²) in [5, 5.41) is 5.22. The van der Waals surface area contributed by atoms with E-state index in [2.05, 4.69) is 15.5 Å². The number of rotatable bonds is 5. The standard InChI is InChI=1S/C21H27N5O4S/c1-22-20(27)23-16-6-4-15(5-7-16)19-24-17(21(8-3-9-21)31(2,28)29)14-18(25-19)26-10-12-30-13-11-26/h4-7,14H,3,8-13H2,1-2H3,(H2,22,23,27). The van der Waals surface area contributed by atoms with Crippen LogP contribution in [0.2, 0.25) is 0 Å². The Morgan fingerprint density at radius 2 is 1.81 bits per heavy atom. The van der Waals surface area contributed by atoms with Crippen LogP contribution in [0.25, 0.3) is 11.4 Å². The molecule has 0 atom stereocenters. The van der Waals surface area contributed by atoms with Crippen LogP contribution in [0.15, 0.2) is 30.3 Å². The molecular formula is C21H27N5O4S.